The molecule has 2 rings (SSSR count). The second kappa shape index (κ2) is 5.55. The molecule has 0 amide bonds. The van der Waals surface area contributed by atoms with Gasteiger partial charge in [0, 0.05) is 9.79 Å². The van der Waals surface area contributed by atoms with Crippen molar-refractivity contribution in [3.05, 3.63) is 59.9 Å². The van der Waals surface area contributed by atoms with E-state index in [0.717, 1.165) is 4.90 Å². The summed E-state index contributed by atoms with van der Waals surface area (Å²) in [5.74, 6) is -0.738. The van der Waals surface area contributed by atoms with E-state index in [2.05, 4.69) is 5.16 Å². The zero-order valence-electron chi connectivity index (χ0n) is 9.38. The third kappa shape index (κ3) is 2.62. The Labute approximate surface area is 108 Å². The highest BCUT2D eigenvalue weighted by molar-refractivity contribution is 7.99. The molecule has 0 aliphatic rings. The molecule has 0 fully saturated rings. The molecule has 0 spiro atoms. The van der Waals surface area contributed by atoms with Gasteiger partial charge in [-0.2, -0.15) is 0 Å². The lowest BCUT2D eigenvalue weighted by Crippen LogP contribution is -2.16. The molecule has 0 saturated heterocycles. The average molecular weight is 262 g/mol. The predicted octanol–water partition coefficient (Wildman–Crippen LogP) is 3.07. The summed E-state index contributed by atoms with van der Waals surface area (Å²) in [6.07, 6.45) is 0. The van der Waals surface area contributed by atoms with Gasteiger partial charge in [-0.15, -0.1) is 0 Å². The third-order valence-corrected chi connectivity index (χ3v) is 3.38. The van der Waals surface area contributed by atoms with E-state index in [9.17, 15) is 4.39 Å². The van der Waals surface area contributed by atoms with Crippen LogP contribution in [0.15, 0.2) is 63.5 Å². The lowest BCUT2D eigenvalue weighted by atomic mass is 10.2. The molecule has 0 aliphatic carbocycles. The van der Waals surface area contributed by atoms with Crippen LogP contribution >= 0.6 is 11.8 Å². The molecule has 0 aliphatic heterocycles. The van der Waals surface area contributed by atoms with E-state index in [4.69, 9.17) is 10.9 Å². The molecule has 3 nitrogen and oxygen atoms in total. The van der Waals surface area contributed by atoms with Crippen LogP contribution in [-0.2, 0) is 0 Å². The maximum absolute atomic E-state index is 13.7. The van der Waals surface area contributed by atoms with Crippen LogP contribution in [0.4, 0.5) is 4.39 Å². The van der Waals surface area contributed by atoms with Gasteiger partial charge in [-0.1, -0.05) is 41.2 Å². The highest BCUT2D eigenvalue weighted by atomic mass is 32.2. The van der Waals surface area contributed by atoms with Gasteiger partial charge in [-0.3, -0.25) is 0 Å². The Morgan fingerprint density at radius 1 is 1.11 bits per heavy atom. The molecule has 92 valence electrons. The molecule has 5 heteroatoms. The molecule has 18 heavy (non-hydrogen) atoms. The molecule has 0 saturated carbocycles. The number of hydrogen-bond acceptors (Lipinski definition) is 3. The summed E-state index contributed by atoms with van der Waals surface area (Å²) in [6.45, 7) is 0. The molecule has 3 N–H and O–H groups in total. The van der Waals surface area contributed by atoms with Crippen LogP contribution in [0.25, 0.3) is 0 Å². The maximum atomic E-state index is 13.7. The molecular formula is C13H11FN2OS. The molecule has 0 aromatic heterocycles. The average Bonchev–Trinajstić information content (AvgIpc) is 2.39. The Kier molecular flexibility index (Phi) is 3.84. The number of oxime groups is 1. The van der Waals surface area contributed by atoms with Crippen molar-refractivity contribution < 1.29 is 9.60 Å². The standard InChI is InChI=1S/C13H11FN2OS/c14-10-7-4-8-11(12(10)13(15)16-17)18-9-5-2-1-3-6-9/h1-8,17H,(H2,15,16). The zero-order valence-corrected chi connectivity index (χ0v) is 10.2. The van der Waals surface area contributed by atoms with Gasteiger partial charge in [0.05, 0.1) is 5.56 Å². The topological polar surface area (TPSA) is 58.6 Å². The first-order valence-corrected chi connectivity index (χ1v) is 6.03. The third-order valence-electron chi connectivity index (χ3n) is 2.31. The summed E-state index contributed by atoms with van der Waals surface area (Å²) in [4.78, 5) is 1.56. The fourth-order valence-corrected chi connectivity index (χ4v) is 2.50. The zero-order chi connectivity index (χ0) is 13.0. The number of nitrogens with zero attached hydrogens (tertiary/aromatic N) is 1. The Morgan fingerprint density at radius 3 is 2.50 bits per heavy atom. The van der Waals surface area contributed by atoms with E-state index >= 15 is 0 Å². The molecule has 0 bridgehead atoms. The minimum atomic E-state index is -0.508. The molecule has 2 aromatic rings. The first kappa shape index (κ1) is 12.4. The lowest BCUT2D eigenvalue weighted by Gasteiger charge is -2.08. The fraction of sp³-hybridized carbons (Fsp3) is 0. The smallest absolute Gasteiger partial charge is 0.174 e. The summed E-state index contributed by atoms with van der Waals surface area (Å²) in [5.41, 5.74) is 5.62. The van der Waals surface area contributed by atoms with Gasteiger partial charge in [-0.25, -0.2) is 4.39 Å². The number of hydrogen-bond donors (Lipinski definition) is 2. The van der Waals surface area contributed by atoms with E-state index in [0.29, 0.717) is 4.90 Å². The minimum Gasteiger partial charge on any atom is -0.409 e. The SMILES string of the molecule is NC(=NO)c1c(F)cccc1Sc1ccccc1. The maximum Gasteiger partial charge on any atom is 0.174 e. The van der Waals surface area contributed by atoms with Crippen molar-refractivity contribution in [1.82, 2.24) is 0 Å². The van der Waals surface area contributed by atoms with Gasteiger partial charge in [0.15, 0.2) is 5.84 Å². The first-order valence-electron chi connectivity index (χ1n) is 5.21. The van der Waals surface area contributed by atoms with Crippen molar-refractivity contribution in [3.8, 4) is 0 Å². The second-order valence-electron chi connectivity index (χ2n) is 3.51. The normalized spacial score (nSPS) is 11.5. The van der Waals surface area contributed by atoms with Gasteiger partial charge in [0.25, 0.3) is 0 Å². The Bertz CT molecular complexity index is 572. The van der Waals surface area contributed by atoms with Crippen LogP contribution in [0.1, 0.15) is 5.56 Å². The van der Waals surface area contributed by atoms with Gasteiger partial charge >= 0.3 is 0 Å². The summed E-state index contributed by atoms with van der Waals surface area (Å²) in [5, 5.41) is 11.6. The Balaban J connectivity index is 2.42. The number of rotatable bonds is 3. The van der Waals surface area contributed by atoms with Crippen molar-refractivity contribution in [2.24, 2.45) is 10.9 Å². The van der Waals surface area contributed by atoms with Crippen LogP contribution in [-0.4, -0.2) is 11.0 Å². The molecular weight excluding hydrogens is 251 g/mol. The molecule has 0 atom stereocenters. The van der Waals surface area contributed by atoms with Crippen molar-refractivity contribution in [1.29, 1.82) is 0 Å². The quantitative estimate of drug-likeness (QED) is 0.387. The van der Waals surface area contributed by atoms with Crippen LogP contribution in [0.2, 0.25) is 0 Å². The van der Waals surface area contributed by atoms with Crippen LogP contribution in [0, 0.1) is 5.82 Å². The monoisotopic (exact) mass is 262 g/mol. The summed E-state index contributed by atoms with van der Waals surface area (Å²) >= 11 is 1.36. The first-order chi connectivity index (χ1) is 8.72. The van der Waals surface area contributed by atoms with Crippen molar-refractivity contribution >= 4 is 17.6 Å². The Hall–Kier alpha value is -2.01. The van der Waals surface area contributed by atoms with E-state index in [1.54, 1.807) is 12.1 Å². The summed E-state index contributed by atoms with van der Waals surface area (Å²) in [7, 11) is 0. The summed E-state index contributed by atoms with van der Waals surface area (Å²) < 4.78 is 13.7. The fourth-order valence-electron chi connectivity index (χ4n) is 1.50. The van der Waals surface area contributed by atoms with Crippen molar-refractivity contribution in [2.75, 3.05) is 0 Å². The van der Waals surface area contributed by atoms with Crippen molar-refractivity contribution in [3.63, 3.8) is 0 Å². The summed E-state index contributed by atoms with van der Waals surface area (Å²) in [6, 6.07) is 14.1. The lowest BCUT2D eigenvalue weighted by molar-refractivity contribution is 0.318. The van der Waals surface area contributed by atoms with Crippen LogP contribution in [0.5, 0.6) is 0 Å². The molecule has 0 heterocycles. The van der Waals surface area contributed by atoms with E-state index < -0.39 is 5.82 Å². The van der Waals surface area contributed by atoms with Crippen LogP contribution < -0.4 is 5.73 Å². The number of benzene rings is 2. The highest BCUT2D eigenvalue weighted by Crippen LogP contribution is 2.31. The van der Waals surface area contributed by atoms with Gasteiger partial charge in [0.2, 0.25) is 0 Å². The largest absolute Gasteiger partial charge is 0.409 e. The van der Waals surface area contributed by atoms with Gasteiger partial charge in [-0.05, 0) is 24.3 Å². The second-order valence-corrected chi connectivity index (χ2v) is 4.63. The number of amidine groups is 1. The van der Waals surface area contributed by atoms with Crippen LogP contribution in [0.3, 0.4) is 0 Å². The minimum absolute atomic E-state index is 0.119. The molecule has 2 aromatic carbocycles. The van der Waals surface area contributed by atoms with E-state index in [1.165, 1.54) is 17.8 Å². The van der Waals surface area contributed by atoms with E-state index in [1.807, 2.05) is 30.3 Å². The van der Waals surface area contributed by atoms with Crippen molar-refractivity contribution in [2.45, 2.75) is 9.79 Å². The Morgan fingerprint density at radius 2 is 1.83 bits per heavy atom. The van der Waals surface area contributed by atoms with Gasteiger partial charge in [0.1, 0.15) is 5.82 Å². The van der Waals surface area contributed by atoms with E-state index in [-0.39, 0.29) is 11.4 Å². The van der Waals surface area contributed by atoms with Gasteiger partial charge < -0.3 is 10.9 Å². The number of nitrogens with two attached hydrogens (primary N) is 1. The highest BCUT2D eigenvalue weighted by Gasteiger charge is 2.13. The number of halogens is 1. The predicted molar refractivity (Wildman–Crippen MR) is 69.5 cm³/mol. The molecule has 0 radical (unpaired) electrons. The molecule has 0 unspecified atom stereocenters.